The van der Waals surface area contributed by atoms with Gasteiger partial charge in [-0.15, -0.1) is 11.8 Å². The van der Waals surface area contributed by atoms with Crippen LogP contribution in [0, 0.1) is 6.92 Å². The topological polar surface area (TPSA) is 148 Å². The van der Waals surface area contributed by atoms with Gasteiger partial charge in [0.2, 0.25) is 11.7 Å². The summed E-state index contributed by atoms with van der Waals surface area (Å²) in [6.45, 7) is 3.69. The normalized spacial score (nSPS) is 11.8. The first-order valence-corrected chi connectivity index (χ1v) is 12.0. The van der Waals surface area contributed by atoms with Crippen molar-refractivity contribution in [1.29, 1.82) is 0 Å². The van der Waals surface area contributed by atoms with Gasteiger partial charge in [0.15, 0.2) is 18.1 Å². The number of carbonyl (C=O) groups is 2. The number of benzene rings is 2. The first kappa shape index (κ1) is 26.4. The van der Waals surface area contributed by atoms with Crippen LogP contribution in [-0.2, 0) is 4.79 Å². The monoisotopic (exact) mass is 511 g/mol. The summed E-state index contributed by atoms with van der Waals surface area (Å²) in [5, 5.41) is 15.9. The van der Waals surface area contributed by atoms with Crippen LogP contribution >= 0.6 is 11.8 Å². The Morgan fingerprint density at radius 2 is 1.89 bits per heavy atom. The van der Waals surface area contributed by atoms with Gasteiger partial charge in [-0.2, -0.15) is 9.98 Å². The minimum Gasteiger partial charge on any atom is -0.490 e. The van der Waals surface area contributed by atoms with Crippen LogP contribution in [0.25, 0.3) is 11.4 Å². The fraction of sp³-hybridized carbons (Fsp3) is 0.250. The SMILES string of the molecule is CCOc1cc(C(=Nc2ccc(-c3noc(C)n3)cc2)C(=NC(=O)O)SC)ccc1OCC(=O)NC. The number of carboxylic acid groups (broad SMARTS) is 1. The Morgan fingerprint density at radius 1 is 1.14 bits per heavy atom. The zero-order chi connectivity index (χ0) is 26.1. The quantitative estimate of drug-likeness (QED) is 0.319. The van der Waals surface area contributed by atoms with Gasteiger partial charge in [0.05, 0.1) is 12.3 Å². The van der Waals surface area contributed by atoms with Gasteiger partial charge < -0.3 is 24.4 Å². The lowest BCUT2D eigenvalue weighted by Crippen LogP contribution is -2.25. The van der Waals surface area contributed by atoms with Crippen LogP contribution in [-0.4, -0.2) is 64.5 Å². The van der Waals surface area contributed by atoms with Crippen LogP contribution in [0.15, 0.2) is 57.0 Å². The molecule has 2 aromatic carbocycles. The van der Waals surface area contributed by atoms with Crippen molar-refractivity contribution in [3.63, 3.8) is 0 Å². The van der Waals surface area contributed by atoms with Crippen LogP contribution in [0.5, 0.6) is 11.5 Å². The second-order valence-corrected chi connectivity index (χ2v) is 7.90. The summed E-state index contributed by atoms with van der Waals surface area (Å²) in [5.41, 5.74) is 2.18. The van der Waals surface area contributed by atoms with E-state index in [9.17, 15) is 14.7 Å². The third-order valence-corrected chi connectivity index (χ3v) is 5.31. The van der Waals surface area contributed by atoms with Crippen molar-refractivity contribution in [3.8, 4) is 22.9 Å². The van der Waals surface area contributed by atoms with Gasteiger partial charge in [0.1, 0.15) is 10.8 Å². The third kappa shape index (κ3) is 6.92. The minimum atomic E-state index is -1.34. The maximum atomic E-state index is 11.6. The Labute approximate surface area is 211 Å². The molecule has 0 unspecified atom stereocenters. The molecular weight excluding hydrogens is 486 g/mol. The number of rotatable bonds is 9. The molecule has 2 N–H and O–H groups in total. The van der Waals surface area contributed by atoms with E-state index in [-0.39, 0.29) is 17.6 Å². The maximum absolute atomic E-state index is 11.6. The molecule has 0 atom stereocenters. The Balaban J connectivity index is 2.04. The largest absolute Gasteiger partial charge is 0.490 e. The van der Waals surface area contributed by atoms with Crippen molar-refractivity contribution < 1.29 is 28.7 Å². The Kier molecular flexibility index (Phi) is 9.17. The number of carbonyl (C=O) groups excluding carboxylic acids is 1. The smallest absolute Gasteiger partial charge is 0.432 e. The molecule has 0 saturated heterocycles. The van der Waals surface area contributed by atoms with Gasteiger partial charge in [-0.3, -0.25) is 4.79 Å². The molecule has 0 aliphatic heterocycles. The van der Waals surface area contributed by atoms with Gasteiger partial charge in [-0.1, -0.05) is 5.16 Å². The Bertz CT molecular complexity index is 1290. The minimum absolute atomic E-state index is 0.181. The van der Waals surface area contributed by atoms with Gasteiger partial charge in [-0.05, 0) is 55.6 Å². The summed E-state index contributed by atoms with van der Waals surface area (Å²) >= 11 is 1.14. The molecule has 0 saturated carbocycles. The van der Waals surface area contributed by atoms with Crippen LogP contribution in [0.4, 0.5) is 10.5 Å². The van der Waals surface area contributed by atoms with Crippen LogP contribution in [0.3, 0.4) is 0 Å². The third-order valence-electron chi connectivity index (χ3n) is 4.64. The molecule has 0 aliphatic carbocycles. The molecule has 1 heterocycles. The zero-order valence-corrected chi connectivity index (χ0v) is 21.0. The Hall–Kier alpha value is -4.19. The van der Waals surface area contributed by atoms with E-state index in [0.29, 0.717) is 46.8 Å². The molecule has 12 heteroatoms. The molecule has 188 valence electrons. The number of aryl methyl sites for hydroxylation is 1. The molecule has 2 amide bonds. The molecule has 11 nitrogen and oxygen atoms in total. The molecule has 0 radical (unpaired) electrons. The fourth-order valence-corrected chi connectivity index (χ4v) is 3.53. The van der Waals surface area contributed by atoms with E-state index in [0.717, 1.165) is 17.3 Å². The van der Waals surface area contributed by atoms with Crippen molar-refractivity contribution in [2.75, 3.05) is 26.5 Å². The average molecular weight is 512 g/mol. The second kappa shape index (κ2) is 12.5. The number of hydrogen-bond donors (Lipinski definition) is 2. The number of nitrogens with zero attached hydrogens (tertiary/aromatic N) is 4. The van der Waals surface area contributed by atoms with Gasteiger partial charge in [0, 0.05) is 25.1 Å². The highest BCUT2D eigenvalue weighted by Crippen LogP contribution is 2.30. The molecule has 1 aromatic heterocycles. The number of amides is 2. The lowest BCUT2D eigenvalue weighted by Gasteiger charge is -2.14. The van der Waals surface area contributed by atoms with E-state index < -0.39 is 6.09 Å². The summed E-state index contributed by atoms with van der Waals surface area (Å²) in [5.74, 6) is 1.36. The summed E-state index contributed by atoms with van der Waals surface area (Å²) in [4.78, 5) is 35.6. The first-order valence-electron chi connectivity index (χ1n) is 10.8. The molecular formula is C24H25N5O6S. The average Bonchev–Trinajstić information content (AvgIpc) is 3.31. The molecule has 3 aromatic rings. The highest BCUT2D eigenvalue weighted by Gasteiger charge is 2.17. The predicted octanol–water partition coefficient (Wildman–Crippen LogP) is 4.13. The second-order valence-electron chi connectivity index (χ2n) is 7.10. The van der Waals surface area contributed by atoms with Crippen LogP contribution in [0.1, 0.15) is 18.4 Å². The highest BCUT2D eigenvalue weighted by atomic mass is 32.2. The maximum Gasteiger partial charge on any atom is 0.432 e. The molecule has 3 rings (SSSR count). The number of thioether (sulfide) groups is 1. The molecule has 36 heavy (non-hydrogen) atoms. The van der Waals surface area contributed by atoms with E-state index in [1.165, 1.54) is 7.05 Å². The lowest BCUT2D eigenvalue weighted by atomic mass is 10.1. The number of nitrogens with one attached hydrogen (secondary N) is 1. The number of ether oxygens (including phenoxy) is 2. The van der Waals surface area contributed by atoms with E-state index in [4.69, 9.17) is 14.0 Å². The van der Waals surface area contributed by atoms with Crippen molar-refractivity contribution in [2.45, 2.75) is 13.8 Å². The van der Waals surface area contributed by atoms with Gasteiger partial charge in [0.25, 0.3) is 5.91 Å². The fourth-order valence-electron chi connectivity index (χ4n) is 3.01. The predicted molar refractivity (Wildman–Crippen MR) is 137 cm³/mol. The van der Waals surface area contributed by atoms with Crippen molar-refractivity contribution in [3.05, 3.63) is 53.9 Å². The van der Waals surface area contributed by atoms with Crippen LogP contribution < -0.4 is 14.8 Å². The van der Waals surface area contributed by atoms with Crippen molar-refractivity contribution in [1.82, 2.24) is 15.5 Å². The number of aromatic nitrogens is 2. The molecule has 0 bridgehead atoms. The Morgan fingerprint density at radius 3 is 2.47 bits per heavy atom. The van der Waals surface area contributed by atoms with Gasteiger partial charge in [-0.25, -0.2) is 9.79 Å². The van der Waals surface area contributed by atoms with Crippen LogP contribution in [0.2, 0.25) is 0 Å². The zero-order valence-electron chi connectivity index (χ0n) is 20.1. The van der Waals surface area contributed by atoms with Crippen molar-refractivity contribution >= 4 is 40.2 Å². The molecule has 0 spiro atoms. The number of likely N-dealkylation sites (N-methyl/N-ethyl adjacent to an activating group) is 1. The summed E-state index contributed by atoms with van der Waals surface area (Å²) < 4.78 is 16.3. The van der Waals surface area contributed by atoms with E-state index in [1.54, 1.807) is 55.6 Å². The summed E-state index contributed by atoms with van der Waals surface area (Å²) in [7, 11) is 1.52. The van der Waals surface area contributed by atoms with E-state index in [2.05, 4.69) is 25.4 Å². The molecule has 0 fully saturated rings. The number of hydrogen-bond acceptors (Lipinski definition) is 9. The van der Waals surface area contributed by atoms with Gasteiger partial charge >= 0.3 is 6.09 Å². The van der Waals surface area contributed by atoms with E-state index in [1.807, 2.05) is 6.92 Å². The highest BCUT2D eigenvalue weighted by molar-refractivity contribution is 8.15. The van der Waals surface area contributed by atoms with E-state index >= 15 is 0 Å². The van der Waals surface area contributed by atoms with Crippen molar-refractivity contribution in [2.24, 2.45) is 9.98 Å². The first-order chi connectivity index (χ1) is 17.3. The molecule has 0 aliphatic rings. The number of aliphatic imine (C=N–C) groups is 2. The standard InChI is InChI=1S/C24H25N5O6S/c1-5-33-19-12-16(8-11-18(19)34-13-20(30)25-3)21(23(36-4)28-24(31)32)27-17-9-6-15(7-10-17)22-26-14(2)35-29-22/h6-12H,5,13H2,1-4H3,(H,25,30)(H,31,32). The summed E-state index contributed by atoms with van der Waals surface area (Å²) in [6.07, 6.45) is 0.369. The lowest BCUT2D eigenvalue weighted by molar-refractivity contribution is -0.122. The summed E-state index contributed by atoms with van der Waals surface area (Å²) in [6, 6.07) is 12.1.